The first-order chi connectivity index (χ1) is 5.24. The van der Waals surface area contributed by atoms with E-state index in [4.69, 9.17) is 0 Å². The highest BCUT2D eigenvalue weighted by Gasteiger charge is 2.06. The molecular weight excluding hydrogens is 140 g/mol. The fourth-order valence-electron chi connectivity index (χ4n) is 0.952. The third-order valence-electron chi connectivity index (χ3n) is 1.51. The number of rotatable bonds is 3. The van der Waals surface area contributed by atoms with Gasteiger partial charge in [-0.15, -0.1) is 0 Å². The van der Waals surface area contributed by atoms with Gasteiger partial charge >= 0.3 is 0 Å². The van der Waals surface area contributed by atoms with E-state index >= 15 is 0 Å². The molecule has 4 nitrogen and oxygen atoms in total. The van der Waals surface area contributed by atoms with E-state index in [0.29, 0.717) is 0 Å². The second kappa shape index (κ2) is 3.48. The highest BCUT2D eigenvalue weighted by Crippen LogP contribution is 2.03. The van der Waals surface area contributed by atoms with Crippen LogP contribution in [0.5, 0.6) is 0 Å². The summed E-state index contributed by atoms with van der Waals surface area (Å²) < 4.78 is 1.71. The predicted octanol–water partition coefficient (Wildman–Crippen LogP) is 0.486. The maximum atomic E-state index is 4.17. The lowest BCUT2D eigenvalue weighted by atomic mass is 10.3. The Labute approximate surface area is 66.6 Å². The molecule has 0 aromatic carbocycles. The lowest BCUT2D eigenvalue weighted by Gasteiger charge is -2.06. The van der Waals surface area contributed by atoms with E-state index in [0.717, 1.165) is 12.4 Å². The van der Waals surface area contributed by atoms with Crippen molar-refractivity contribution in [3.05, 3.63) is 12.2 Å². The van der Waals surface area contributed by atoms with Crippen LogP contribution in [0, 0.1) is 0 Å². The average Bonchev–Trinajstić information content (AvgIpc) is 2.36. The zero-order chi connectivity index (χ0) is 8.27. The Balaban J connectivity index is 2.60. The van der Waals surface area contributed by atoms with Crippen molar-refractivity contribution in [2.45, 2.75) is 19.9 Å². The summed E-state index contributed by atoms with van der Waals surface area (Å²) in [6.45, 7) is 5.07. The number of nitrogens with one attached hydrogen (secondary N) is 1. The molecule has 1 rings (SSSR count). The molecule has 1 N–H and O–H groups in total. The fourth-order valence-corrected chi connectivity index (χ4v) is 0.952. The largest absolute Gasteiger partial charge is 0.308 e. The zero-order valence-electron chi connectivity index (χ0n) is 7.20. The Hall–Kier alpha value is -0.900. The lowest BCUT2D eigenvalue weighted by Crippen LogP contribution is -2.19. The van der Waals surface area contributed by atoms with Crippen LogP contribution in [0.3, 0.4) is 0 Å². The summed E-state index contributed by atoms with van der Waals surface area (Å²) in [5.41, 5.74) is 0. The second-order valence-corrected chi connectivity index (χ2v) is 2.56. The standard InChI is InChI=1S/C7H14N4/c1-4-8-6(2)7-9-5-11(3)10-7/h5-6,8H,4H2,1-3H3. The molecule has 0 saturated heterocycles. The van der Waals surface area contributed by atoms with Gasteiger partial charge < -0.3 is 5.32 Å². The van der Waals surface area contributed by atoms with Crippen LogP contribution in [0.4, 0.5) is 0 Å². The maximum Gasteiger partial charge on any atom is 0.167 e. The van der Waals surface area contributed by atoms with Crippen molar-refractivity contribution in [2.75, 3.05) is 6.54 Å². The minimum atomic E-state index is 0.251. The van der Waals surface area contributed by atoms with Crippen molar-refractivity contribution in [3.8, 4) is 0 Å². The minimum absolute atomic E-state index is 0.251. The molecule has 0 fully saturated rings. The number of hydrogen-bond acceptors (Lipinski definition) is 3. The number of aryl methyl sites for hydroxylation is 1. The highest BCUT2D eigenvalue weighted by molar-refractivity contribution is 4.88. The molecule has 0 aliphatic heterocycles. The highest BCUT2D eigenvalue weighted by atomic mass is 15.3. The van der Waals surface area contributed by atoms with Crippen LogP contribution in [0.2, 0.25) is 0 Å². The van der Waals surface area contributed by atoms with E-state index < -0.39 is 0 Å². The number of nitrogens with zero attached hydrogens (tertiary/aromatic N) is 3. The first-order valence-electron chi connectivity index (χ1n) is 3.83. The summed E-state index contributed by atoms with van der Waals surface area (Å²) in [5.74, 6) is 0.856. The Kier molecular flexibility index (Phi) is 2.59. The molecular formula is C7H14N4. The van der Waals surface area contributed by atoms with Crippen molar-refractivity contribution in [3.63, 3.8) is 0 Å². The molecule has 4 heteroatoms. The van der Waals surface area contributed by atoms with Crippen LogP contribution in [0.1, 0.15) is 25.7 Å². The number of hydrogen-bond donors (Lipinski definition) is 1. The zero-order valence-corrected chi connectivity index (χ0v) is 7.20. The van der Waals surface area contributed by atoms with Crippen LogP contribution in [0.15, 0.2) is 6.33 Å². The van der Waals surface area contributed by atoms with E-state index in [1.807, 2.05) is 7.05 Å². The second-order valence-electron chi connectivity index (χ2n) is 2.56. The maximum absolute atomic E-state index is 4.17. The van der Waals surface area contributed by atoms with Gasteiger partial charge in [-0.05, 0) is 13.5 Å². The molecule has 1 atom stereocenters. The van der Waals surface area contributed by atoms with E-state index in [9.17, 15) is 0 Å². The van der Waals surface area contributed by atoms with Gasteiger partial charge in [-0.25, -0.2) is 4.98 Å². The van der Waals surface area contributed by atoms with Crippen LogP contribution in [-0.4, -0.2) is 21.3 Å². The third kappa shape index (κ3) is 2.01. The van der Waals surface area contributed by atoms with Crippen molar-refractivity contribution in [1.82, 2.24) is 20.1 Å². The van der Waals surface area contributed by atoms with Crippen LogP contribution < -0.4 is 5.32 Å². The fraction of sp³-hybridized carbons (Fsp3) is 0.714. The van der Waals surface area contributed by atoms with Gasteiger partial charge in [0.15, 0.2) is 5.82 Å². The van der Waals surface area contributed by atoms with Gasteiger partial charge in [0, 0.05) is 7.05 Å². The van der Waals surface area contributed by atoms with Crippen molar-refractivity contribution in [2.24, 2.45) is 7.05 Å². The van der Waals surface area contributed by atoms with Crippen molar-refractivity contribution < 1.29 is 0 Å². The smallest absolute Gasteiger partial charge is 0.167 e. The summed E-state index contributed by atoms with van der Waals surface area (Å²) in [5, 5.41) is 7.41. The molecule has 0 spiro atoms. The summed E-state index contributed by atoms with van der Waals surface area (Å²) in [7, 11) is 1.87. The molecule has 0 saturated carbocycles. The average molecular weight is 154 g/mol. The monoisotopic (exact) mass is 154 g/mol. The van der Waals surface area contributed by atoms with Crippen molar-refractivity contribution in [1.29, 1.82) is 0 Å². The predicted molar refractivity (Wildman–Crippen MR) is 43.1 cm³/mol. The summed E-state index contributed by atoms with van der Waals surface area (Å²) in [4.78, 5) is 4.12. The Bertz CT molecular complexity index is 218. The van der Waals surface area contributed by atoms with Gasteiger partial charge in [0.1, 0.15) is 6.33 Å². The molecule has 1 heterocycles. The molecule has 62 valence electrons. The third-order valence-corrected chi connectivity index (χ3v) is 1.51. The summed E-state index contributed by atoms with van der Waals surface area (Å²) >= 11 is 0. The van der Waals surface area contributed by atoms with Gasteiger partial charge in [0.25, 0.3) is 0 Å². The molecule has 1 aromatic rings. The summed E-state index contributed by atoms with van der Waals surface area (Å²) in [6, 6.07) is 0.251. The van der Waals surface area contributed by atoms with Gasteiger partial charge in [-0.3, -0.25) is 4.68 Å². The van der Waals surface area contributed by atoms with E-state index in [-0.39, 0.29) is 6.04 Å². The van der Waals surface area contributed by atoms with Gasteiger partial charge in [0.2, 0.25) is 0 Å². The minimum Gasteiger partial charge on any atom is -0.308 e. The lowest BCUT2D eigenvalue weighted by molar-refractivity contribution is 0.560. The molecule has 1 aromatic heterocycles. The normalized spacial score (nSPS) is 13.4. The van der Waals surface area contributed by atoms with Crippen LogP contribution in [-0.2, 0) is 7.05 Å². The molecule has 1 unspecified atom stereocenters. The molecule has 11 heavy (non-hydrogen) atoms. The van der Waals surface area contributed by atoms with Gasteiger partial charge in [-0.1, -0.05) is 6.92 Å². The first kappa shape index (κ1) is 8.20. The molecule has 0 bridgehead atoms. The van der Waals surface area contributed by atoms with E-state index in [1.165, 1.54) is 0 Å². The van der Waals surface area contributed by atoms with Gasteiger partial charge in [-0.2, -0.15) is 5.10 Å². The van der Waals surface area contributed by atoms with Gasteiger partial charge in [0.05, 0.1) is 6.04 Å². The SMILES string of the molecule is CCNC(C)c1ncn(C)n1. The summed E-state index contributed by atoms with van der Waals surface area (Å²) in [6.07, 6.45) is 1.71. The topological polar surface area (TPSA) is 42.7 Å². The molecule has 0 aliphatic rings. The van der Waals surface area contributed by atoms with Crippen LogP contribution >= 0.6 is 0 Å². The van der Waals surface area contributed by atoms with E-state index in [2.05, 4.69) is 29.2 Å². The Morgan fingerprint density at radius 2 is 2.45 bits per heavy atom. The Morgan fingerprint density at radius 3 is 2.91 bits per heavy atom. The molecule has 0 amide bonds. The molecule has 0 radical (unpaired) electrons. The van der Waals surface area contributed by atoms with E-state index in [1.54, 1.807) is 11.0 Å². The quantitative estimate of drug-likeness (QED) is 0.688. The van der Waals surface area contributed by atoms with Crippen LogP contribution in [0.25, 0.3) is 0 Å². The number of aromatic nitrogens is 3. The Morgan fingerprint density at radius 1 is 1.73 bits per heavy atom. The van der Waals surface area contributed by atoms with Crippen molar-refractivity contribution >= 4 is 0 Å². The first-order valence-corrected chi connectivity index (χ1v) is 3.83. The molecule has 0 aliphatic carbocycles.